The topological polar surface area (TPSA) is 51.4 Å². The van der Waals surface area contributed by atoms with Crippen LogP contribution in [0.4, 0.5) is 0 Å². The molecule has 0 aliphatic carbocycles. The third-order valence-corrected chi connectivity index (χ3v) is 3.32. The molecule has 0 N–H and O–H groups in total. The lowest BCUT2D eigenvalue weighted by atomic mass is 10.2. The summed E-state index contributed by atoms with van der Waals surface area (Å²) < 4.78 is 10.4. The summed E-state index contributed by atoms with van der Waals surface area (Å²) in [4.78, 5) is 6.74. The number of nitrogens with zero attached hydrogens (tertiary/aromatic N) is 3. The van der Waals surface area contributed by atoms with Gasteiger partial charge in [-0.05, 0) is 26.4 Å². The van der Waals surface area contributed by atoms with E-state index in [1.165, 1.54) is 0 Å². The van der Waals surface area contributed by atoms with E-state index >= 15 is 0 Å². The Kier molecular flexibility index (Phi) is 6.37. The molecule has 0 radical (unpaired) electrons. The highest BCUT2D eigenvalue weighted by molar-refractivity contribution is 5.53. The lowest BCUT2D eigenvalue weighted by Gasteiger charge is -2.15. The number of benzene rings is 1. The molecule has 0 bridgehead atoms. The molecule has 0 unspecified atom stereocenters. The smallest absolute Gasteiger partial charge is 0.227 e. The fraction of sp³-hybridized carbons (Fsp3) is 0.500. The van der Waals surface area contributed by atoms with Crippen molar-refractivity contribution in [1.82, 2.24) is 15.0 Å². The Morgan fingerprint density at radius 1 is 1.14 bits per heavy atom. The maximum Gasteiger partial charge on any atom is 0.227 e. The normalized spacial score (nSPS) is 11.2. The van der Waals surface area contributed by atoms with Gasteiger partial charge in [-0.3, -0.25) is 0 Å². The molecule has 0 saturated heterocycles. The monoisotopic (exact) mass is 289 g/mol. The minimum absolute atomic E-state index is 0.666. The van der Waals surface area contributed by atoms with Crippen LogP contribution in [0.1, 0.15) is 18.7 Å². The largest absolute Gasteiger partial charge is 0.385 e. The SMILES string of the molecule is COCCCN(C)CCCc1nc(-c2ccccc2)no1. The molecule has 0 aliphatic rings. The Bertz CT molecular complexity index is 513. The standard InChI is InChI=1S/C16H23N3O2/c1-19(12-7-13-20-2)11-6-10-15-17-16(18-21-15)14-8-4-3-5-9-14/h3-5,8-9H,6-7,10-13H2,1-2H3. The summed E-state index contributed by atoms with van der Waals surface area (Å²) >= 11 is 0. The van der Waals surface area contributed by atoms with Crippen LogP contribution in [-0.4, -0.2) is 48.9 Å². The molecule has 1 aromatic carbocycles. The van der Waals surface area contributed by atoms with E-state index in [9.17, 15) is 0 Å². The van der Waals surface area contributed by atoms with Gasteiger partial charge in [0.05, 0.1) is 0 Å². The number of hydrogen-bond acceptors (Lipinski definition) is 5. The molecule has 0 amide bonds. The van der Waals surface area contributed by atoms with Crippen molar-refractivity contribution in [2.75, 3.05) is 33.9 Å². The summed E-state index contributed by atoms with van der Waals surface area (Å²) in [7, 11) is 3.86. The second-order valence-corrected chi connectivity index (χ2v) is 5.13. The zero-order chi connectivity index (χ0) is 14.9. The van der Waals surface area contributed by atoms with E-state index in [1.807, 2.05) is 30.3 Å². The number of hydrogen-bond donors (Lipinski definition) is 0. The van der Waals surface area contributed by atoms with Crippen LogP contribution in [0.2, 0.25) is 0 Å². The molecule has 21 heavy (non-hydrogen) atoms. The highest BCUT2D eigenvalue weighted by Crippen LogP contribution is 2.15. The van der Waals surface area contributed by atoms with Gasteiger partial charge in [0.15, 0.2) is 0 Å². The number of aromatic nitrogens is 2. The number of aryl methyl sites for hydroxylation is 1. The maximum atomic E-state index is 5.30. The Hall–Kier alpha value is -1.72. The molecule has 0 fully saturated rings. The minimum atomic E-state index is 0.666. The van der Waals surface area contributed by atoms with Crippen LogP contribution in [0.5, 0.6) is 0 Å². The van der Waals surface area contributed by atoms with Crippen LogP contribution < -0.4 is 0 Å². The van der Waals surface area contributed by atoms with E-state index in [0.717, 1.165) is 44.5 Å². The predicted octanol–water partition coefficient (Wildman–Crippen LogP) is 2.64. The highest BCUT2D eigenvalue weighted by Gasteiger charge is 2.08. The van der Waals surface area contributed by atoms with E-state index in [2.05, 4.69) is 22.1 Å². The van der Waals surface area contributed by atoms with Gasteiger partial charge in [-0.1, -0.05) is 35.5 Å². The fourth-order valence-electron chi connectivity index (χ4n) is 2.15. The third kappa shape index (κ3) is 5.28. The fourth-order valence-corrected chi connectivity index (χ4v) is 2.15. The number of rotatable bonds is 9. The van der Waals surface area contributed by atoms with Crippen molar-refractivity contribution in [3.8, 4) is 11.4 Å². The van der Waals surface area contributed by atoms with E-state index in [4.69, 9.17) is 9.26 Å². The second-order valence-electron chi connectivity index (χ2n) is 5.13. The molecular formula is C16H23N3O2. The number of methoxy groups -OCH3 is 1. The first-order valence-corrected chi connectivity index (χ1v) is 7.35. The van der Waals surface area contributed by atoms with Crippen LogP contribution >= 0.6 is 0 Å². The van der Waals surface area contributed by atoms with Gasteiger partial charge in [-0.2, -0.15) is 4.98 Å². The first-order chi connectivity index (χ1) is 10.3. The summed E-state index contributed by atoms with van der Waals surface area (Å²) in [6.07, 6.45) is 2.89. The molecule has 0 aliphatic heterocycles. The van der Waals surface area contributed by atoms with Crippen molar-refractivity contribution in [1.29, 1.82) is 0 Å². The predicted molar refractivity (Wildman–Crippen MR) is 82.0 cm³/mol. The van der Waals surface area contributed by atoms with Crippen LogP contribution in [0.3, 0.4) is 0 Å². The summed E-state index contributed by atoms with van der Waals surface area (Å²) in [5, 5.41) is 4.03. The van der Waals surface area contributed by atoms with E-state index < -0.39 is 0 Å². The molecule has 1 aromatic heterocycles. The molecule has 0 saturated carbocycles. The summed E-state index contributed by atoms with van der Waals surface area (Å²) in [6.45, 7) is 2.88. The van der Waals surface area contributed by atoms with Gasteiger partial charge in [0, 0.05) is 32.2 Å². The molecule has 114 valence electrons. The van der Waals surface area contributed by atoms with Gasteiger partial charge >= 0.3 is 0 Å². The molecule has 1 heterocycles. The molecular weight excluding hydrogens is 266 g/mol. The Morgan fingerprint density at radius 3 is 2.67 bits per heavy atom. The van der Waals surface area contributed by atoms with Crippen LogP contribution in [-0.2, 0) is 11.2 Å². The van der Waals surface area contributed by atoms with Gasteiger partial charge in [-0.15, -0.1) is 0 Å². The highest BCUT2D eigenvalue weighted by atomic mass is 16.5. The first kappa shape index (κ1) is 15.7. The quantitative estimate of drug-likeness (QED) is 0.664. The van der Waals surface area contributed by atoms with Gasteiger partial charge in [0.2, 0.25) is 11.7 Å². The lowest BCUT2D eigenvalue weighted by Crippen LogP contribution is -2.22. The van der Waals surface area contributed by atoms with Crippen molar-refractivity contribution < 1.29 is 9.26 Å². The summed E-state index contributed by atoms with van der Waals surface area (Å²) in [5.74, 6) is 1.37. The number of ether oxygens (including phenoxy) is 1. The molecule has 2 aromatic rings. The second kappa shape index (κ2) is 8.54. The Balaban J connectivity index is 1.73. The molecule has 0 atom stereocenters. The zero-order valence-corrected chi connectivity index (χ0v) is 12.8. The molecule has 5 nitrogen and oxygen atoms in total. The van der Waals surface area contributed by atoms with Gasteiger partial charge < -0.3 is 14.2 Å². The summed E-state index contributed by atoms with van der Waals surface area (Å²) in [5.41, 5.74) is 0.990. The third-order valence-electron chi connectivity index (χ3n) is 3.32. The zero-order valence-electron chi connectivity index (χ0n) is 12.8. The average molecular weight is 289 g/mol. The maximum absolute atomic E-state index is 5.30. The van der Waals surface area contributed by atoms with Crippen molar-refractivity contribution in [3.05, 3.63) is 36.2 Å². The first-order valence-electron chi connectivity index (χ1n) is 7.35. The lowest BCUT2D eigenvalue weighted by molar-refractivity contribution is 0.179. The molecule has 5 heteroatoms. The van der Waals surface area contributed by atoms with E-state index in [0.29, 0.717) is 11.7 Å². The van der Waals surface area contributed by atoms with Gasteiger partial charge in [0.1, 0.15) is 0 Å². The van der Waals surface area contributed by atoms with Gasteiger partial charge in [0.25, 0.3) is 0 Å². The van der Waals surface area contributed by atoms with Gasteiger partial charge in [-0.25, -0.2) is 0 Å². The van der Waals surface area contributed by atoms with Crippen molar-refractivity contribution >= 4 is 0 Å². The summed E-state index contributed by atoms with van der Waals surface area (Å²) in [6, 6.07) is 9.89. The van der Waals surface area contributed by atoms with Crippen molar-refractivity contribution in [2.45, 2.75) is 19.3 Å². The van der Waals surface area contributed by atoms with Crippen LogP contribution in [0, 0.1) is 0 Å². The molecule has 2 rings (SSSR count). The Labute approximate surface area is 125 Å². The minimum Gasteiger partial charge on any atom is -0.385 e. The van der Waals surface area contributed by atoms with E-state index in [1.54, 1.807) is 7.11 Å². The van der Waals surface area contributed by atoms with Crippen molar-refractivity contribution in [3.63, 3.8) is 0 Å². The average Bonchev–Trinajstić information content (AvgIpc) is 2.97. The Morgan fingerprint density at radius 2 is 1.90 bits per heavy atom. The van der Waals surface area contributed by atoms with E-state index in [-0.39, 0.29) is 0 Å². The molecule has 0 spiro atoms. The van der Waals surface area contributed by atoms with Crippen LogP contribution in [0.15, 0.2) is 34.9 Å². The van der Waals surface area contributed by atoms with Crippen LogP contribution in [0.25, 0.3) is 11.4 Å². The van der Waals surface area contributed by atoms with Crippen molar-refractivity contribution in [2.24, 2.45) is 0 Å².